The van der Waals surface area contributed by atoms with Crippen LogP contribution in [0.1, 0.15) is 11.3 Å². The first-order chi connectivity index (χ1) is 14.1. The highest BCUT2D eigenvalue weighted by atomic mass is 16.5. The highest BCUT2D eigenvalue weighted by Crippen LogP contribution is 2.29. The van der Waals surface area contributed by atoms with E-state index in [1.165, 1.54) is 0 Å². The van der Waals surface area contributed by atoms with Crippen LogP contribution in [0.3, 0.4) is 0 Å². The molecule has 6 heteroatoms. The third kappa shape index (κ3) is 5.42. The Labute approximate surface area is 169 Å². The molecule has 29 heavy (non-hydrogen) atoms. The molecule has 2 aromatic carbocycles. The molecule has 0 unspecified atom stereocenters. The fourth-order valence-corrected chi connectivity index (χ4v) is 3.05. The molecule has 3 aromatic rings. The molecule has 0 saturated heterocycles. The highest BCUT2D eigenvalue weighted by Gasteiger charge is 2.21. The molecule has 0 aliphatic heterocycles. The molecule has 1 atom stereocenters. The van der Waals surface area contributed by atoms with E-state index >= 15 is 0 Å². The number of rotatable bonds is 8. The number of hydrogen-bond donors (Lipinski definition) is 2. The average molecular weight is 390 g/mol. The number of methoxy groups -OCH3 is 1. The van der Waals surface area contributed by atoms with E-state index in [0.29, 0.717) is 5.69 Å². The number of carbonyl (C=O) groups is 2. The summed E-state index contributed by atoms with van der Waals surface area (Å²) in [6.07, 6.45) is 1.83. The number of para-hydroxylation sites is 1. The molecular weight excluding hydrogens is 368 g/mol. The molecule has 1 heterocycles. The summed E-state index contributed by atoms with van der Waals surface area (Å²) in [5, 5.41) is 12.1. The zero-order valence-corrected chi connectivity index (χ0v) is 16.0. The molecular formula is C23H22N2O4. The van der Waals surface area contributed by atoms with Crippen LogP contribution >= 0.6 is 0 Å². The largest absolute Gasteiger partial charge is 0.496 e. The van der Waals surface area contributed by atoms with Crippen LogP contribution in [0.25, 0.3) is 11.1 Å². The van der Waals surface area contributed by atoms with Gasteiger partial charge in [-0.3, -0.25) is 9.78 Å². The molecule has 0 radical (unpaired) electrons. The van der Waals surface area contributed by atoms with Gasteiger partial charge in [0.15, 0.2) is 0 Å². The molecule has 0 fully saturated rings. The first kappa shape index (κ1) is 20.1. The Kier molecular flexibility index (Phi) is 6.58. The SMILES string of the molecule is COc1ccccc1-c1ccc(C[C@H](NC(=O)Cc2ccccn2)C(=O)O)cc1. The van der Waals surface area contributed by atoms with Crippen molar-refractivity contribution < 1.29 is 19.4 Å². The molecule has 6 nitrogen and oxygen atoms in total. The number of ether oxygens (including phenoxy) is 1. The van der Waals surface area contributed by atoms with Crippen LogP contribution in [0, 0.1) is 0 Å². The van der Waals surface area contributed by atoms with E-state index in [-0.39, 0.29) is 18.7 Å². The number of aromatic nitrogens is 1. The number of carboxylic acids is 1. The second-order valence-corrected chi connectivity index (χ2v) is 6.56. The van der Waals surface area contributed by atoms with Gasteiger partial charge in [-0.1, -0.05) is 48.5 Å². The summed E-state index contributed by atoms with van der Waals surface area (Å²) in [5.41, 5.74) is 3.33. The third-order valence-corrected chi connectivity index (χ3v) is 4.51. The topological polar surface area (TPSA) is 88.5 Å². The number of carboxylic acid groups (broad SMARTS) is 1. The summed E-state index contributed by atoms with van der Waals surface area (Å²) in [4.78, 5) is 27.9. The summed E-state index contributed by atoms with van der Waals surface area (Å²) in [6.45, 7) is 0. The highest BCUT2D eigenvalue weighted by molar-refractivity contribution is 5.84. The van der Waals surface area contributed by atoms with Crippen LogP contribution in [-0.4, -0.2) is 35.1 Å². The Morgan fingerprint density at radius 1 is 1.03 bits per heavy atom. The number of pyridine rings is 1. The zero-order valence-electron chi connectivity index (χ0n) is 16.0. The molecule has 0 aliphatic carbocycles. The Balaban J connectivity index is 1.67. The Morgan fingerprint density at radius 3 is 2.41 bits per heavy atom. The van der Waals surface area contributed by atoms with Crippen LogP contribution in [0.15, 0.2) is 72.9 Å². The average Bonchev–Trinajstić information content (AvgIpc) is 2.74. The Bertz CT molecular complexity index is 972. The maximum atomic E-state index is 12.2. The van der Waals surface area contributed by atoms with Gasteiger partial charge in [0.2, 0.25) is 5.91 Å². The van der Waals surface area contributed by atoms with Gasteiger partial charge in [0.1, 0.15) is 11.8 Å². The Morgan fingerprint density at radius 2 is 1.76 bits per heavy atom. The zero-order chi connectivity index (χ0) is 20.6. The van der Waals surface area contributed by atoms with E-state index in [9.17, 15) is 14.7 Å². The molecule has 3 rings (SSSR count). The van der Waals surface area contributed by atoms with E-state index in [1.807, 2.05) is 48.5 Å². The molecule has 1 amide bonds. The minimum atomic E-state index is -1.08. The maximum Gasteiger partial charge on any atom is 0.326 e. The number of nitrogens with one attached hydrogen (secondary N) is 1. The number of hydrogen-bond acceptors (Lipinski definition) is 4. The number of benzene rings is 2. The summed E-state index contributed by atoms with van der Waals surface area (Å²) in [5.74, 6) is -0.680. The van der Waals surface area contributed by atoms with E-state index in [1.54, 1.807) is 31.5 Å². The predicted octanol–water partition coefficient (Wildman–Crippen LogP) is 3.11. The normalized spacial score (nSPS) is 11.5. The van der Waals surface area contributed by atoms with E-state index in [4.69, 9.17) is 4.74 Å². The standard InChI is InChI=1S/C23H22N2O4/c1-29-21-8-3-2-7-19(21)17-11-9-16(10-12-17)14-20(23(27)28)25-22(26)15-18-6-4-5-13-24-18/h2-13,20H,14-15H2,1H3,(H,25,26)(H,27,28)/t20-/m0/s1. The van der Waals surface area contributed by atoms with Crippen molar-refractivity contribution in [1.82, 2.24) is 10.3 Å². The summed E-state index contributed by atoms with van der Waals surface area (Å²) < 4.78 is 5.39. The number of nitrogens with zero attached hydrogens (tertiary/aromatic N) is 1. The fourth-order valence-electron chi connectivity index (χ4n) is 3.05. The van der Waals surface area contributed by atoms with Crippen molar-refractivity contribution >= 4 is 11.9 Å². The lowest BCUT2D eigenvalue weighted by Gasteiger charge is -2.15. The van der Waals surface area contributed by atoms with Gasteiger partial charge in [-0.2, -0.15) is 0 Å². The second kappa shape index (κ2) is 9.50. The minimum absolute atomic E-state index is 0.0390. The monoisotopic (exact) mass is 390 g/mol. The van der Waals surface area contributed by atoms with Gasteiger partial charge < -0.3 is 15.2 Å². The van der Waals surface area contributed by atoms with Gasteiger partial charge in [-0.15, -0.1) is 0 Å². The van der Waals surface area contributed by atoms with Crippen molar-refractivity contribution in [2.45, 2.75) is 18.9 Å². The van der Waals surface area contributed by atoms with Gasteiger partial charge >= 0.3 is 5.97 Å². The molecule has 0 spiro atoms. The van der Waals surface area contributed by atoms with E-state index < -0.39 is 12.0 Å². The van der Waals surface area contributed by atoms with Crippen LogP contribution in [-0.2, 0) is 22.4 Å². The predicted molar refractivity (Wildman–Crippen MR) is 110 cm³/mol. The lowest BCUT2D eigenvalue weighted by atomic mass is 10.00. The van der Waals surface area contributed by atoms with Crippen LogP contribution in [0.2, 0.25) is 0 Å². The van der Waals surface area contributed by atoms with E-state index in [2.05, 4.69) is 10.3 Å². The molecule has 0 saturated carbocycles. The van der Waals surface area contributed by atoms with Crippen LogP contribution < -0.4 is 10.1 Å². The molecule has 0 aliphatic rings. The first-order valence-corrected chi connectivity index (χ1v) is 9.21. The third-order valence-electron chi connectivity index (χ3n) is 4.51. The molecule has 0 bridgehead atoms. The number of carbonyl (C=O) groups excluding carboxylic acids is 1. The van der Waals surface area contributed by atoms with Crippen molar-refractivity contribution in [2.75, 3.05) is 7.11 Å². The lowest BCUT2D eigenvalue weighted by Crippen LogP contribution is -2.43. The van der Waals surface area contributed by atoms with Crippen molar-refractivity contribution in [3.8, 4) is 16.9 Å². The van der Waals surface area contributed by atoms with Crippen molar-refractivity contribution in [2.24, 2.45) is 0 Å². The quantitative estimate of drug-likeness (QED) is 0.617. The molecule has 2 N–H and O–H groups in total. The first-order valence-electron chi connectivity index (χ1n) is 9.21. The summed E-state index contributed by atoms with van der Waals surface area (Å²) in [6, 6.07) is 19.5. The molecule has 1 aromatic heterocycles. The second-order valence-electron chi connectivity index (χ2n) is 6.56. The van der Waals surface area contributed by atoms with Crippen molar-refractivity contribution in [3.63, 3.8) is 0 Å². The van der Waals surface area contributed by atoms with E-state index in [0.717, 1.165) is 22.4 Å². The van der Waals surface area contributed by atoms with Crippen molar-refractivity contribution in [3.05, 3.63) is 84.2 Å². The van der Waals surface area contributed by atoms with Gasteiger partial charge in [0.25, 0.3) is 0 Å². The van der Waals surface area contributed by atoms with Gasteiger partial charge in [0.05, 0.1) is 13.5 Å². The Hall–Kier alpha value is -3.67. The van der Waals surface area contributed by atoms with Crippen LogP contribution in [0.4, 0.5) is 0 Å². The lowest BCUT2D eigenvalue weighted by molar-refractivity contribution is -0.141. The van der Waals surface area contributed by atoms with Crippen LogP contribution in [0.5, 0.6) is 5.75 Å². The minimum Gasteiger partial charge on any atom is -0.496 e. The summed E-state index contributed by atoms with van der Waals surface area (Å²) >= 11 is 0. The van der Waals surface area contributed by atoms with Gasteiger partial charge in [-0.05, 0) is 29.3 Å². The molecule has 148 valence electrons. The maximum absolute atomic E-state index is 12.2. The van der Waals surface area contributed by atoms with Crippen molar-refractivity contribution in [1.29, 1.82) is 0 Å². The van der Waals surface area contributed by atoms with Gasteiger partial charge in [0, 0.05) is 23.9 Å². The number of aliphatic carboxylic acids is 1. The number of amides is 1. The smallest absolute Gasteiger partial charge is 0.326 e. The fraction of sp³-hybridized carbons (Fsp3) is 0.174. The van der Waals surface area contributed by atoms with Gasteiger partial charge in [-0.25, -0.2) is 4.79 Å². The summed E-state index contributed by atoms with van der Waals surface area (Å²) in [7, 11) is 1.62.